The number of hydroxylamine groups is 2. The van der Waals surface area contributed by atoms with Crippen molar-refractivity contribution < 1.29 is 19.2 Å². The highest BCUT2D eigenvalue weighted by atomic mass is 16.7. The minimum atomic E-state index is -0.530. The molecule has 1 saturated heterocycles. The van der Waals surface area contributed by atoms with Gasteiger partial charge in [-0.1, -0.05) is 0 Å². The van der Waals surface area contributed by atoms with Gasteiger partial charge in [-0.3, -0.25) is 0 Å². The molecule has 0 aromatic carbocycles. The average molecular weight is 338 g/mol. The topological polar surface area (TPSA) is 99.7 Å². The first-order valence-electron chi connectivity index (χ1n) is 8.21. The summed E-state index contributed by atoms with van der Waals surface area (Å²) in [5.41, 5.74) is 5.80. The van der Waals surface area contributed by atoms with Crippen molar-refractivity contribution in [1.29, 1.82) is 0 Å². The zero-order chi connectivity index (χ0) is 17.9. The van der Waals surface area contributed by atoms with Crippen LogP contribution in [-0.2, 0) is 14.4 Å². The number of carbonyl (C=O) groups excluding carboxylic acids is 2. The van der Waals surface area contributed by atoms with Gasteiger partial charge < -0.3 is 15.3 Å². The van der Waals surface area contributed by atoms with E-state index >= 15 is 0 Å². The summed E-state index contributed by atoms with van der Waals surface area (Å²) in [7, 11) is 0. The molecule has 0 radical (unpaired) electrons. The first-order valence-corrected chi connectivity index (χ1v) is 8.21. The lowest BCUT2D eigenvalue weighted by Gasteiger charge is -2.32. The number of esters is 1. The van der Waals surface area contributed by atoms with E-state index in [9.17, 15) is 9.59 Å². The Bertz CT molecular complexity index is 598. The van der Waals surface area contributed by atoms with Crippen LogP contribution in [0.3, 0.4) is 0 Å². The minimum absolute atomic E-state index is 0.0674. The fourth-order valence-electron chi connectivity index (χ4n) is 2.46. The molecular weight excluding hydrogens is 312 g/mol. The molecule has 0 atom stereocenters. The summed E-state index contributed by atoms with van der Waals surface area (Å²) in [4.78, 5) is 29.1. The van der Waals surface area contributed by atoms with Crippen molar-refractivity contribution in [1.82, 2.24) is 14.8 Å². The van der Waals surface area contributed by atoms with Gasteiger partial charge in [0.1, 0.15) is 11.4 Å². The molecular formula is C16H26N4O4. The number of anilines is 1. The number of hydrogen-bond acceptors (Lipinski definition) is 7. The molecule has 2 rings (SSSR count). The van der Waals surface area contributed by atoms with Crippen LogP contribution in [0.4, 0.5) is 5.82 Å². The quantitative estimate of drug-likeness (QED) is 0.835. The Morgan fingerprint density at radius 2 is 1.96 bits per heavy atom. The van der Waals surface area contributed by atoms with Crippen LogP contribution in [0.25, 0.3) is 0 Å². The van der Waals surface area contributed by atoms with E-state index in [-0.39, 0.29) is 12.0 Å². The number of aromatic nitrogens is 2. The number of piperidine rings is 1. The highest BCUT2D eigenvalue weighted by Crippen LogP contribution is 2.27. The smallest absolute Gasteiger partial charge is 0.343 e. The van der Waals surface area contributed by atoms with Gasteiger partial charge in [0.25, 0.3) is 0 Å². The molecule has 1 aromatic rings. The van der Waals surface area contributed by atoms with Gasteiger partial charge in [-0.25, -0.2) is 14.3 Å². The van der Waals surface area contributed by atoms with Crippen molar-refractivity contribution in [2.75, 3.05) is 25.4 Å². The molecule has 1 aliphatic heterocycles. The van der Waals surface area contributed by atoms with Crippen LogP contribution in [0.15, 0.2) is 6.20 Å². The van der Waals surface area contributed by atoms with E-state index in [0.717, 1.165) is 12.8 Å². The maximum atomic E-state index is 11.9. The third-order valence-corrected chi connectivity index (χ3v) is 3.92. The van der Waals surface area contributed by atoms with E-state index in [1.807, 2.05) is 20.8 Å². The molecule has 134 valence electrons. The van der Waals surface area contributed by atoms with Crippen molar-refractivity contribution in [3.05, 3.63) is 11.8 Å². The van der Waals surface area contributed by atoms with Gasteiger partial charge in [0.2, 0.25) is 0 Å². The third kappa shape index (κ3) is 4.05. The zero-order valence-electron chi connectivity index (χ0n) is 14.7. The molecule has 8 heteroatoms. The van der Waals surface area contributed by atoms with Gasteiger partial charge in [0, 0.05) is 13.1 Å². The van der Waals surface area contributed by atoms with Crippen molar-refractivity contribution in [3.63, 3.8) is 0 Å². The summed E-state index contributed by atoms with van der Waals surface area (Å²) in [6.45, 7) is 8.70. The normalized spacial score (nSPS) is 16.8. The second kappa shape index (κ2) is 7.21. The second-order valence-corrected chi connectivity index (χ2v) is 6.90. The van der Waals surface area contributed by atoms with E-state index in [1.54, 1.807) is 16.7 Å². The number of nitrogens with two attached hydrogens (primary N) is 1. The second-order valence-electron chi connectivity index (χ2n) is 6.90. The average Bonchev–Trinajstić information content (AvgIpc) is 2.89. The molecule has 0 bridgehead atoms. The molecule has 8 nitrogen and oxygen atoms in total. The fourth-order valence-corrected chi connectivity index (χ4v) is 2.46. The van der Waals surface area contributed by atoms with Crippen molar-refractivity contribution >= 4 is 17.8 Å². The predicted octanol–water partition coefficient (Wildman–Crippen LogP) is 1.78. The number of hydrogen-bond donors (Lipinski definition) is 1. The molecule has 0 amide bonds. The largest absolute Gasteiger partial charge is 0.462 e. The highest BCUT2D eigenvalue weighted by molar-refractivity contribution is 5.94. The summed E-state index contributed by atoms with van der Waals surface area (Å²) < 4.78 is 6.63. The maximum absolute atomic E-state index is 11.9. The molecule has 2 N–H and O–H groups in total. The van der Waals surface area contributed by atoms with Gasteiger partial charge in [0.15, 0.2) is 0 Å². The van der Waals surface area contributed by atoms with Crippen LogP contribution in [0, 0.1) is 5.41 Å². The summed E-state index contributed by atoms with van der Waals surface area (Å²) in [6, 6.07) is 0.0674. The zero-order valence-corrected chi connectivity index (χ0v) is 14.7. The Morgan fingerprint density at radius 1 is 1.33 bits per heavy atom. The summed E-state index contributed by atoms with van der Waals surface area (Å²) in [5, 5.41) is 5.91. The lowest BCUT2D eigenvalue weighted by atomic mass is 9.98. The maximum Gasteiger partial charge on any atom is 0.343 e. The Kier molecular flexibility index (Phi) is 5.48. The van der Waals surface area contributed by atoms with E-state index in [4.69, 9.17) is 15.3 Å². The van der Waals surface area contributed by atoms with Crippen LogP contribution < -0.4 is 5.73 Å². The van der Waals surface area contributed by atoms with Gasteiger partial charge in [-0.15, -0.1) is 5.06 Å². The van der Waals surface area contributed by atoms with E-state index < -0.39 is 11.4 Å². The van der Waals surface area contributed by atoms with Gasteiger partial charge in [-0.2, -0.15) is 5.10 Å². The Hall–Kier alpha value is -2.09. The van der Waals surface area contributed by atoms with Gasteiger partial charge in [0.05, 0.1) is 24.3 Å². The lowest BCUT2D eigenvalue weighted by Crippen LogP contribution is -2.39. The van der Waals surface area contributed by atoms with Crippen molar-refractivity contribution in [3.8, 4) is 0 Å². The molecule has 24 heavy (non-hydrogen) atoms. The monoisotopic (exact) mass is 338 g/mol. The molecule has 0 spiro atoms. The van der Waals surface area contributed by atoms with Crippen LogP contribution in [0.2, 0.25) is 0 Å². The minimum Gasteiger partial charge on any atom is -0.462 e. The Labute approximate surface area is 141 Å². The number of rotatable bonds is 4. The predicted molar refractivity (Wildman–Crippen MR) is 88.0 cm³/mol. The number of nitrogens with zero attached hydrogens (tertiary/aromatic N) is 3. The summed E-state index contributed by atoms with van der Waals surface area (Å²) >= 11 is 0. The molecule has 0 aliphatic carbocycles. The number of carbonyl (C=O) groups is 2. The Balaban J connectivity index is 1.95. The molecule has 2 heterocycles. The van der Waals surface area contributed by atoms with E-state index in [2.05, 4.69) is 5.10 Å². The SMILES string of the molecule is CCOC(=O)c1cnn(C2CCN(OC(=O)C(C)(C)C)CC2)c1N. The van der Waals surface area contributed by atoms with E-state index in [1.165, 1.54) is 6.20 Å². The Morgan fingerprint density at radius 3 is 2.50 bits per heavy atom. The van der Waals surface area contributed by atoms with Crippen molar-refractivity contribution in [2.24, 2.45) is 5.41 Å². The van der Waals surface area contributed by atoms with Gasteiger partial charge >= 0.3 is 11.9 Å². The van der Waals surface area contributed by atoms with E-state index in [0.29, 0.717) is 31.1 Å². The summed E-state index contributed by atoms with van der Waals surface area (Å²) in [6.07, 6.45) is 2.90. The first-order chi connectivity index (χ1) is 11.2. The molecule has 1 aromatic heterocycles. The molecule has 1 fully saturated rings. The van der Waals surface area contributed by atoms with Crippen LogP contribution in [0.5, 0.6) is 0 Å². The molecule has 1 aliphatic rings. The van der Waals surface area contributed by atoms with Crippen LogP contribution >= 0.6 is 0 Å². The number of nitrogen functional groups attached to an aromatic ring is 1. The highest BCUT2D eigenvalue weighted by Gasteiger charge is 2.30. The first kappa shape index (κ1) is 18.3. The molecule has 0 saturated carbocycles. The standard InChI is InChI=1S/C16H26N4O4/c1-5-23-14(21)12-10-18-20(13(12)17)11-6-8-19(9-7-11)24-15(22)16(2,3)4/h10-11H,5-9,17H2,1-4H3. The lowest BCUT2D eigenvalue weighted by molar-refractivity contribution is -0.205. The van der Waals surface area contributed by atoms with Crippen LogP contribution in [0.1, 0.15) is 56.9 Å². The van der Waals surface area contributed by atoms with Crippen LogP contribution in [-0.4, -0.2) is 46.5 Å². The third-order valence-electron chi connectivity index (χ3n) is 3.92. The molecule has 0 unspecified atom stereocenters. The van der Waals surface area contributed by atoms with Gasteiger partial charge in [-0.05, 0) is 40.5 Å². The van der Waals surface area contributed by atoms with Crippen molar-refractivity contribution in [2.45, 2.75) is 46.6 Å². The summed E-state index contributed by atoms with van der Waals surface area (Å²) in [5.74, 6) is -0.388. The number of ether oxygens (including phenoxy) is 1. The fraction of sp³-hybridized carbons (Fsp3) is 0.688.